The number of hydrogen-bond acceptors (Lipinski definition) is 5. The number of furan rings is 1. The van der Waals surface area contributed by atoms with Crippen LogP contribution in [0.25, 0.3) is 0 Å². The first-order valence-corrected chi connectivity index (χ1v) is 9.00. The highest BCUT2D eigenvalue weighted by atomic mass is 32.2. The van der Waals surface area contributed by atoms with Gasteiger partial charge in [-0.1, -0.05) is 0 Å². The smallest absolute Gasteiger partial charge is 0.317 e. The molecule has 1 aromatic heterocycles. The van der Waals surface area contributed by atoms with Gasteiger partial charge in [-0.3, -0.25) is 0 Å². The fourth-order valence-corrected chi connectivity index (χ4v) is 4.23. The molecule has 2 heterocycles. The van der Waals surface area contributed by atoms with Gasteiger partial charge in [0.05, 0.1) is 18.1 Å². The third kappa shape index (κ3) is 4.48. The predicted molar refractivity (Wildman–Crippen MR) is 81.2 cm³/mol. The minimum Gasteiger partial charge on any atom is -0.468 e. The molecule has 1 saturated heterocycles. The van der Waals surface area contributed by atoms with E-state index in [2.05, 4.69) is 5.32 Å². The Kier molecular flexibility index (Phi) is 5.84. The zero-order valence-corrected chi connectivity index (χ0v) is 13.5. The number of hydrogen-bond donors (Lipinski definition) is 1. The third-order valence-corrected chi connectivity index (χ3v) is 5.92. The number of carbonyl (C=O) groups is 1. The second-order valence-electron chi connectivity index (χ2n) is 5.30. The number of sulfone groups is 1. The molecule has 1 aliphatic heterocycles. The van der Waals surface area contributed by atoms with Crippen molar-refractivity contribution >= 4 is 15.9 Å². The molecular formula is C14H22N2O5S. The first kappa shape index (κ1) is 16.8. The summed E-state index contributed by atoms with van der Waals surface area (Å²) >= 11 is 0. The maximum Gasteiger partial charge on any atom is 0.317 e. The van der Waals surface area contributed by atoms with E-state index in [1.807, 2.05) is 0 Å². The van der Waals surface area contributed by atoms with Crippen LogP contribution in [0.5, 0.6) is 0 Å². The molecule has 0 spiro atoms. The lowest BCUT2D eigenvalue weighted by Crippen LogP contribution is -2.47. The summed E-state index contributed by atoms with van der Waals surface area (Å²) in [6.07, 6.45) is 2.39. The Hall–Kier alpha value is -1.54. The van der Waals surface area contributed by atoms with Crippen LogP contribution in [0, 0.1) is 0 Å². The topological polar surface area (TPSA) is 88.9 Å². The molecule has 22 heavy (non-hydrogen) atoms. The zero-order chi connectivity index (χ0) is 16.0. The van der Waals surface area contributed by atoms with E-state index in [9.17, 15) is 13.2 Å². The highest BCUT2D eigenvalue weighted by Crippen LogP contribution is 2.21. The van der Waals surface area contributed by atoms with Gasteiger partial charge in [0, 0.05) is 26.7 Å². The van der Waals surface area contributed by atoms with Gasteiger partial charge in [0.15, 0.2) is 9.84 Å². The van der Waals surface area contributed by atoms with E-state index < -0.39 is 15.1 Å². The standard InChI is InChI=1S/C14H22N2O5S/c1-20-10-6-15-14(17)16-7-4-13(5-8-16)22(18,19)11-12-3-2-9-21-12/h2-3,9,13H,4-8,10-11H2,1H3,(H,15,17). The molecule has 0 unspecified atom stereocenters. The van der Waals surface area contributed by atoms with E-state index in [-0.39, 0.29) is 11.8 Å². The molecule has 0 saturated carbocycles. The molecule has 1 fully saturated rings. The average molecular weight is 330 g/mol. The Morgan fingerprint density at radius 3 is 2.77 bits per heavy atom. The Balaban J connectivity index is 1.82. The lowest BCUT2D eigenvalue weighted by molar-refractivity contribution is 0.173. The van der Waals surface area contributed by atoms with Gasteiger partial charge in [-0.25, -0.2) is 13.2 Å². The van der Waals surface area contributed by atoms with Gasteiger partial charge in [-0.2, -0.15) is 0 Å². The number of likely N-dealkylation sites (tertiary alicyclic amines) is 1. The van der Waals surface area contributed by atoms with Gasteiger partial charge in [0.2, 0.25) is 0 Å². The van der Waals surface area contributed by atoms with Crippen LogP contribution in [0.15, 0.2) is 22.8 Å². The van der Waals surface area contributed by atoms with Crippen LogP contribution in [0.2, 0.25) is 0 Å². The second kappa shape index (κ2) is 7.64. The Labute approximate surface area is 130 Å². The van der Waals surface area contributed by atoms with Crippen molar-refractivity contribution in [2.24, 2.45) is 0 Å². The van der Waals surface area contributed by atoms with Gasteiger partial charge < -0.3 is 19.4 Å². The number of nitrogens with one attached hydrogen (secondary N) is 1. The Bertz CT molecular complexity index is 562. The van der Waals surface area contributed by atoms with Crippen molar-refractivity contribution in [3.05, 3.63) is 24.2 Å². The van der Waals surface area contributed by atoms with Gasteiger partial charge in [-0.15, -0.1) is 0 Å². The van der Waals surface area contributed by atoms with Crippen LogP contribution in [-0.2, 0) is 20.3 Å². The van der Waals surface area contributed by atoms with Gasteiger partial charge in [-0.05, 0) is 25.0 Å². The SMILES string of the molecule is COCCNC(=O)N1CCC(S(=O)(=O)Cc2ccco2)CC1. The molecule has 2 amide bonds. The minimum absolute atomic E-state index is 0.0787. The summed E-state index contributed by atoms with van der Waals surface area (Å²) in [5.74, 6) is 0.379. The maximum atomic E-state index is 12.3. The Morgan fingerprint density at radius 2 is 2.18 bits per heavy atom. The molecule has 0 aromatic carbocycles. The summed E-state index contributed by atoms with van der Waals surface area (Å²) in [6, 6.07) is 3.17. The first-order chi connectivity index (χ1) is 10.5. The van der Waals surface area contributed by atoms with Crippen molar-refractivity contribution in [2.45, 2.75) is 23.8 Å². The van der Waals surface area contributed by atoms with E-state index in [0.29, 0.717) is 44.8 Å². The summed E-state index contributed by atoms with van der Waals surface area (Å²) in [4.78, 5) is 13.5. The molecular weight excluding hydrogens is 308 g/mol. The monoisotopic (exact) mass is 330 g/mol. The number of rotatable bonds is 6. The summed E-state index contributed by atoms with van der Waals surface area (Å²) in [6.45, 7) is 1.80. The van der Waals surface area contributed by atoms with Crippen LogP contribution in [0.1, 0.15) is 18.6 Å². The molecule has 124 valence electrons. The van der Waals surface area contributed by atoms with Gasteiger partial charge in [0.25, 0.3) is 0 Å². The number of nitrogens with zero attached hydrogens (tertiary/aromatic N) is 1. The van der Waals surface area contributed by atoms with Crippen molar-refractivity contribution in [1.82, 2.24) is 10.2 Å². The molecule has 0 aliphatic carbocycles. The van der Waals surface area contributed by atoms with Gasteiger partial charge >= 0.3 is 6.03 Å². The minimum atomic E-state index is -3.25. The number of piperidine rings is 1. The molecule has 1 aromatic rings. The fraction of sp³-hybridized carbons (Fsp3) is 0.643. The molecule has 1 N–H and O–H groups in total. The number of urea groups is 1. The van der Waals surface area contributed by atoms with Crippen LogP contribution in [0.3, 0.4) is 0 Å². The number of ether oxygens (including phenoxy) is 1. The van der Waals surface area contributed by atoms with Crippen molar-refractivity contribution < 1.29 is 22.4 Å². The zero-order valence-electron chi connectivity index (χ0n) is 12.7. The number of carbonyl (C=O) groups excluding carboxylic acids is 1. The van der Waals surface area contributed by atoms with Crippen molar-refractivity contribution in [3.8, 4) is 0 Å². The van der Waals surface area contributed by atoms with E-state index in [1.165, 1.54) is 6.26 Å². The molecule has 0 radical (unpaired) electrons. The van der Waals surface area contributed by atoms with Crippen LogP contribution in [0.4, 0.5) is 4.79 Å². The van der Waals surface area contributed by atoms with Crippen molar-refractivity contribution in [1.29, 1.82) is 0 Å². The summed E-state index contributed by atoms with van der Waals surface area (Å²) in [5, 5.41) is 2.32. The summed E-state index contributed by atoms with van der Waals surface area (Å²) < 4.78 is 34.7. The van der Waals surface area contributed by atoms with Crippen molar-refractivity contribution in [2.75, 3.05) is 33.4 Å². The van der Waals surface area contributed by atoms with Crippen molar-refractivity contribution in [3.63, 3.8) is 0 Å². The fourth-order valence-electron chi connectivity index (χ4n) is 2.50. The summed E-state index contributed by atoms with van der Waals surface area (Å²) in [5.41, 5.74) is 0. The third-order valence-electron chi connectivity index (χ3n) is 3.74. The molecule has 2 rings (SSSR count). The Morgan fingerprint density at radius 1 is 1.45 bits per heavy atom. The maximum absolute atomic E-state index is 12.3. The first-order valence-electron chi connectivity index (χ1n) is 7.28. The van der Waals surface area contributed by atoms with Crippen LogP contribution < -0.4 is 5.32 Å². The number of methoxy groups -OCH3 is 1. The van der Waals surface area contributed by atoms with E-state index in [4.69, 9.17) is 9.15 Å². The highest BCUT2D eigenvalue weighted by molar-refractivity contribution is 7.91. The second-order valence-corrected chi connectivity index (χ2v) is 7.58. The largest absolute Gasteiger partial charge is 0.468 e. The normalized spacial score (nSPS) is 16.7. The lowest BCUT2D eigenvalue weighted by Gasteiger charge is -2.31. The van der Waals surface area contributed by atoms with E-state index >= 15 is 0 Å². The lowest BCUT2D eigenvalue weighted by atomic mass is 10.1. The molecule has 7 nitrogen and oxygen atoms in total. The molecule has 1 aliphatic rings. The van der Waals surface area contributed by atoms with Crippen LogP contribution >= 0.6 is 0 Å². The molecule has 0 atom stereocenters. The summed E-state index contributed by atoms with van der Waals surface area (Å²) in [7, 11) is -1.68. The average Bonchev–Trinajstić information content (AvgIpc) is 3.00. The highest BCUT2D eigenvalue weighted by Gasteiger charge is 2.32. The van der Waals surface area contributed by atoms with E-state index in [1.54, 1.807) is 24.1 Å². The predicted octanol–water partition coefficient (Wildman–Crippen LogP) is 1.01. The van der Waals surface area contributed by atoms with Gasteiger partial charge in [0.1, 0.15) is 11.5 Å². The molecule has 8 heteroatoms. The van der Waals surface area contributed by atoms with E-state index in [0.717, 1.165) is 0 Å². The quantitative estimate of drug-likeness (QED) is 0.787. The molecule has 0 bridgehead atoms. The van der Waals surface area contributed by atoms with Crippen LogP contribution in [-0.4, -0.2) is 57.9 Å². The number of amides is 2.